The van der Waals surface area contributed by atoms with Crippen molar-refractivity contribution in [2.24, 2.45) is 46.3 Å². The molecular weight excluding hydrogens is 420 g/mol. The van der Waals surface area contributed by atoms with Gasteiger partial charge in [-0.15, -0.1) is 0 Å². The minimum atomic E-state index is -1.19. The Morgan fingerprint density at radius 2 is 1.48 bits per heavy atom. The summed E-state index contributed by atoms with van der Waals surface area (Å²) >= 11 is 0. The molecule has 6 heteroatoms. The van der Waals surface area contributed by atoms with Crippen molar-refractivity contribution in [3.8, 4) is 0 Å². The van der Waals surface area contributed by atoms with Crippen molar-refractivity contribution in [3.63, 3.8) is 0 Å². The van der Waals surface area contributed by atoms with Gasteiger partial charge in [0.05, 0.1) is 36.1 Å². The van der Waals surface area contributed by atoms with Gasteiger partial charge in [-0.05, 0) is 79.4 Å². The van der Waals surface area contributed by atoms with Crippen LogP contribution in [0.25, 0.3) is 0 Å². The van der Waals surface area contributed by atoms with Gasteiger partial charge in [0, 0.05) is 18.3 Å². The summed E-state index contributed by atoms with van der Waals surface area (Å²) in [6.45, 7) is 10.6. The first-order valence-corrected chi connectivity index (χ1v) is 13.4. The molecule has 33 heavy (non-hydrogen) atoms. The van der Waals surface area contributed by atoms with E-state index in [4.69, 9.17) is 0 Å². The summed E-state index contributed by atoms with van der Waals surface area (Å²) in [5, 5.41) is 66.2. The molecule has 192 valence electrons. The Balaban J connectivity index is 1.61. The summed E-state index contributed by atoms with van der Waals surface area (Å²) in [5.41, 5.74) is -1.90. The van der Waals surface area contributed by atoms with Gasteiger partial charge >= 0.3 is 0 Å². The number of aliphatic hydroxyl groups is 6. The van der Waals surface area contributed by atoms with Crippen molar-refractivity contribution >= 4 is 0 Å². The molecule has 4 aliphatic rings. The zero-order valence-corrected chi connectivity index (χ0v) is 21.2. The van der Waals surface area contributed by atoms with E-state index in [0.717, 1.165) is 25.7 Å². The Hall–Kier alpha value is -0.240. The van der Waals surface area contributed by atoms with E-state index in [1.165, 1.54) is 0 Å². The highest BCUT2D eigenvalue weighted by atomic mass is 16.3. The van der Waals surface area contributed by atoms with Crippen LogP contribution in [-0.2, 0) is 0 Å². The zero-order chi connectivity index (χ0) is 24.5. The molecule has 13 atom stereocenters. The largest absolute Gasteiger partial charge is 0.393 e. The van der Waals surface area contributed by atoms with Gasteiger partial charge in [-0.25, -0.2) is 0 Å². The molecule has 4 fully saturated rings. The first kappa shape index (κ1) is 25.8. The Morgan fingerprint density at radius 3 is 2.12 bits per heavy atom. The van der Waals surface area contributed by atoms with Crippen LogP contribution in [0.3, 0.4) is 0 Å². The minimum absolute atomic E-state index is 0.120. The van der Waals surface area contributed by atoms with Crippen LogP contribution in [0.4, 0.5) is 0 Å². The van der Waals surface area contributed by atoms with E-state index in [1.54, 1.807) is 0 Å². The van der Waals surface area contributed by atoms with Crippen LogP contribution < -0.4 is 0 Å². The number of aliphatic hydroxyl groups excluding tert-OH is 5. The molecule has 6 N–H and O–H groups in total. The van der Waals surface area contributed by atoms with Crippen LogP contribution in [0.2, 0.25) is 0 Å². The van der Waals surface area contributed by atoms with Gasteiger partial charge in [-0.3, -0.25) is 0 Å². The summed E-state index contributed by atoms with van der Waals surface area (Å²) < 4.78 is 0. The zero-order valence-electron chi connectivity index (χ0n) is 21.2. The van der Waals surface area contributed by atoms with Gasteiger partial charge in [0.25, 0.3) is 0 Å². The van der Waals surface area contributed by atoms with Crippen LogP contribution in [0.5, 0.6) is 0 Å². The highest BCUT2D eigenvalue weighted by Gasteiger charge is 2.71. The summed E-state index contributed by atoms with van der Waals surface area (Å²) in [7, 11) is 0. The monoisotopic (exact) mass is 468 g/mol. The third-order valence-corrected chi connectivity index (χ3v) is 11.2. The van der Waals surface area contributed by atoms with Gasteiger partial charge in [0.2, 0.25) is 0 Å². The lowest BCUT2D eigenvalue weighted by molar-refractivity contribution is -0.280. The van der Waals surface area contributed by atoms with Crippen molar-refractivity contribution in [2.45, 2.75) is 122 Å². The lowest BCUT2D eigenvalue weighted by atomic mass is 9.41. The quantitative estimate of drug-likeness (QED) is 0.369. The van der Waals surface area contributed by atoms with Crippen LogP contribution in [0.1, 0.15) is 86.0 Å². The van der Waals surface area contributed by atoms with Crippen LogP contribution in [0, 0.1) is 46.3 Å². The maximum absolute atomic E-state index is 12.3. The van der Waals surface area contributed by atoms with Crippen molar-refractivity contribution in [1.82, 2.24) is 0 Å². The van der Waals surface area contributed by atoms with Gasteiger partial charge in [0.1, 0.15) is 0 Å². The van der Waals surface area contributed by atoms with E-state index >= 15 is 0 Å². The van der Waals surface area contributed by atoms with Gasteiger partial charge < -0.3 is 30.6 Å². The van der Waals surface area contributed by atoms with E-state index in [-0.39, 0.29) is 41.6 Å². The molecule has 0 aromatic rings. The molecule has 0 aromatic heterocycles. The van der Waals surface area contributed by atoms with E-state index in [1.807, 2.05) is 13.8 Å². The SMILES string of the molecule is CC(C)[C@@H](O)CC[C@@H](C)[C@H]1C[C@H](O)[C@H]2[C@]1(C)CC[C@H]1[C@@]3(C)CC[C@H](O)[C@H](O)[C@@H]3[C@H](O)C[C@]12O. The third kappa shape index (κ3) is 3.82. The second-order valence-corrected chi connectivity index (χ2v) is 13.2. The van der Waals surface area contributed by atoms with E-state index in [9.17, 15) is 30.6 Å². The predicted molar refractivity (Wildman–Crippen MR) is 126 cm³/mol. The van der Waals surface area contributed by atoms with Gasteiger partial charge in [0.15, 0.2) is 0 Å². The van der Waals surface area contributed by atoms with Crippen molar-refractivity contribution < 1.29 is 30.6 Å². The molecule has 6 nitrogen and oxygen atoms in total. The standard InChI is InChI=1S/C27H48O6/c1-14(2)17(28)7-6-15(3)16-12-19(30)24-25(16,4)11-9-21-26(5)10-8-18(29)23(32)22(26)20(31)13-27(21,24)33/h14-24,28-33H,6-13H2,1-5H3/t15-,16-,17+,18+,19+,20-,21+,22+,23+,24+,25-,26-,27+/m1/s1. The summed E-state index contributed by atoms with van der Waals surface area (Å²) in [6, 6.07) is 0. The Morgan fingerprint density at radius 1 is 0.848 bits per heavy atom. The molecule has 0 saturated heterocycles. The Labute approximate surface area is 199 Å². The molecule has 0 aliphatic heterocycles. The fourth-order valence-electron chi connectivity index (χ4n) is 9.48. The molecule has 0 heterocycles. The molecule has 4 rings (SSSR count). The molecule has 0 spiro atoms. The molecule has 0 bridgehead atoms. The molecule has 4 aliphatic carbocycles. The topological polar surface area (TPSA) is 121 Å². The first-order valence-electron chi connectivity index (χ1n) is 13.4. The van der Waals surface area contributed by atoms with Crippen molar-refractivity contribution in [1.29, 1.82) is 0 Å². The second kappa shape index (κ2) is 8.70. The molecule has 0 unspecified atom stereocenters. The number of hydrogen-bond acceptors (Lipinski definition) is 6. The predicted octanol–water partition coefficient (Wildman–Crippen LogP) is 2.47. The van der Waals surface area contributed by atoms with Gasteiger partial charge in [-0.2, -0.15) is 0 Å². The third-order valence-electron chi connectivity index (χ3n) is 11.2. The van der Waals surface area contributed by atoms with E-state index in [0.29, 0.717) is 25.2 Å². The van der Waals surface area contributed by atoms with E-state index in [2.05, 4.69) is 20.8 Å². The molecule has 0 amide bonds. The van der Waals surface area contributed by atoms with E-state index < -0.39 is 41.3 Å². The number of fused-ring (bicyclic) bond motifs is 5. The highest BCUT2D eigenvalue weighted by Crippen LogP contribution is 2.69. The van der Waals surface area contributed by atoms with Crippen molar-refractivity contribution in [2.75, 3.05) is 0 Å². The van der Waals surface area contributed by atoms with Crippen LogP contribution in [-0.4, -0.2) is 66.8 Å². The molecule has 0 radical (unpaired) electrons. The number of hydrogen-bond donors (Lipinski definition) is 6. The van der Waals surface area contributed by atoms with Gasteiger partial charge in [-0.1, -0.05) is 34.6 Å². The van der Waals surface area contributed by atoms with Crippen LogP contribution >= 0.6 is 0 Å². The lowest BCUT2D eigenvalue weighted by Crippen LogP contribution is -2.70. The average Bonchev–Trinajstić information content (AvgIpc) is 3.00. The smallest absolute Gasteiger partial charge is 0.0857 e. The summed E-state index contributed by atoms with van der Waals surface area (Å²) in [6.07, 6.45) is 1.60. The second-order valence-electron chi connectivity index (χ2n) is 13.2. The number of rotatable bonds is 5. The lowest BCUT2D eigenvalue weighted by Gasteiger charge is -2.66. The van der Waals surface area contributed by atoms with Crippen LogP contribution in [0.15, 0.2) is 0 Å². The fraction of sp³-hybridized carbons (Fsp3) is 1.00. The minimum Gasteiger partial charge on any atom is -0.393 e. The molecular formula is C27H48O6. The normalized spacial score (nSPS) is 53.8. The fourth-order valence-corrected chi connectivity index (χ4v) is 9.48. The maximum atomic E-state index is 12.3. The Kier molecular flexibility index (Phi) is 6.82. The highest BCUT2D eigenvalue weighted by molar-refractivity contribution is 5.20. The first-order chi connectivity index (χ1) is 15.3. The van der Waals surface area contributed by atoms with Crippen molar-refractivity contribution in [3.05, 3.63) is 0 Å². The summed E-state index contributed by atoms with van der Waals surface area (Å²) in [5.74, 6) is -0.0861. The maximum Gasteiger partial charge on any atom is 0.0857 e. The molecule has 0 aromatic carbocycles. The molecule has 4 saturated carbocycles. The average molecular weight is 469 g/mol. The Bertz CT molecular complexity index is 715. The summed E-state index contributed by atoms with van der Waals surface area (Å²) in [4.78, 5) is 0.